The molecule has 0 fully saturated rings. The van der Waals surface area contributed by atoms with Crippen molar-refractivity contribution in [3.8, 4) is 0 Å². The molecule has 0 bridgehead atoms. The topological polar surface area (TPSA) is 58.0 Å². The molecular formula is C9H17N3OS. The Morgan fingerprint density at radius 2 is 2.14 bits per heavy atom. The third kappa shape index (κ3) is 3.59. The van der Waals surface area contributed by atoms with Crippen LogP contribution >= 0.6 is 11.3 Å². The zero-order valence-electron chi connectivity index (χ0n) is 8.82. The minimum Gasteiger partial charge on any atom is -0.394 e. The van der Waals surface area contributed by atoms with Gasteiger partial charge in [-0.3, -0.25) is 0 Å². The van der Waals surface area contributed by atoms with E-state index in [1.54, 1.807) is 0 Å². The Balaban J connectivity index is 2.48. The standard InChI is InChI=1S/C9H17N3OS/c1-6(2)4-8(5-13)10-9-12-11-7(3)14-9/h6,8,13H,4-5H2,1-3H3,(H,10,12). The van der Waals surface area contributed by atoms with Crippen LogP contribution in [-0.4, -0.2) is 28.0 Å². The second-order valence-electron chi connectivity index (χ2n) is 3.78. The Labute approximate surface area is 88.4 Å². The number of aromatic nitrogens is 2. The van der Waals surface area contributed by atoms with Gasteiger partial charge in [-0.25, -0.2) is 0 Å². The summed E-state index contributed by atoms with van der Waals surface area (Å²) in [5, 5.41) is 21.9. The lowest BCUT2D eigenvalue weighted by molar-refractivity contribution is 0.259. The van der Waals surface area contributed by atoms with E-state index in [2.05, 4.69) is 29.4 Å². The molecule has 2 N–H and O–H groups in total. The first-order chi connectivity index (χ1) is 6.61. The number of nitrogens with one attached hydrogen (secondary N) is 1. The molecule has 0 aliphatic carbocycles. The molecule has 5 heteroatoms. The van der Waals surface area contributed by atoms with Gasteiger partial charge in [0.1, 0.15) is 5.01 Å². The van der Waals surface area contributed by atoms with E-state index in [0.717, 1.165) is 16.6 Å². The lowest BCUT2D eigenvalue weighted by atomic mass is 10.1. The summed E-state index contributed by atoms with van der Waals surface area (Å²) in [4.78, 5) is 0. The van der Waals surface area contributed by atoms with E-state index in [4.69, 9.17) is 5.11 Å². The number of aliphatic hydroxyl groups excluding tert-OH is 1. The summed E-state index contributed by atoms with van der Waals surface area (Å²) in [6.45, 7) is 6.32. The van der Waals surface area contributed by atoms with Crippen LogP contribution in [0.25, 0.3) is 0 Å². The van der Waals surface area contributed by atoms with Crippen LogP contribution in [0.5, 0.6) is 0 Å². The summed E-state index contributed by atoms with van der Waals surface area (Å²) in [6.07, 6.45) is 0.940. The molecule has 1 unspecified atom stereocenters. The predicted molar refractivity (Wildman–Crippen MR) is 58.6 cm³/mol. The third-order valence-corrected chi connectivity index (χ3v) is 2.60. The van der Waals surface area contributed by atoms with Gasteiger partial charge in [0.05, 0.1) is 12.6 Å². The summed E-state index contributed by atoms with van der Waals surface area (Å²) >= 11 is 1.51. The van der Waals surface area contributed by atoms with Crippen molar-refractivity contribution in [1.82, 2.24) is 10.2 Å². The van der Waals surface area contributed by atoms with E-state index in [0.29, 0.717) is 5.92 Å². The Morgan fingerprint density at radius 1 is 1.43 bits per heavy atom. The smallest absolute Gasteiger partial charge is 0.205 e. The molecule has 1 heterocycles. The van der Waals surface area contributed by atoms with Gasteiger partial charge in [0.25, 0.3) is 0 Å². The zero-order chi connectivity index (χ0) is 10.6. The van der Waals surface area contributed by atoms with Gasteiger partial charge in [-0.15, -0.1) is 10.2 Å². The van der Waals surface area contributed by atoms with Crippen LogP contribution in [0.15, 0.2) is 0 Å². The first-order valence-corrected chi connectivity index (χ1v) is 5.61. The first kappa shape index (κ1) is 11.4. The summed E-state index contributed by atoms with van der Waals surface area (Å²) in [5.41, 5.74) is 0. The van der Waals surface area contributed by atoms with Crippen molar-refractivity contribution in [2.24, 2.45) is 5.92 Å². The average Bonchev–Trinajstić information content (AvgIpc) is 2.49. The lowest BCUT2D eigenvalue weighted by Crippen LogP contribution is -2.25. The second-order valence-corrected chi connectivity index (χ2v) is 4.96. The predicted octanol–water partition coefficient (Wildman–Crippen LogP) is 1.67. The maximum atomic E-state index is 9.14. The van der Waals surface area contributed by atoms with Gasteiger partial charge in [0, 0.05) is 0 Å². The molecule has 0 aromatic carbocycles. The van der Waals surface area contributed by atoms with Gasteiger partial charge < -0.3 is 10.4 Å². The fourth-order valence-corrected chi connectivity index (χ4v) is 1.95. The zero-order valence-corrected chi connectivity index (χ0v) is 9.64. The molecule has 0 amide bonds. The van der Waals surface area contributed by atoms with E-state index in [1.807, 2.05) is 6.92 Å². The van der Waals surface area contributed by atoms with Crippen LogP contribution in [0.1, 0.15) is 25.3 Å². The Bertz CT molecular complexity index is 275. The monoisotopic (exact) mass is 215 g/mol. The van der Waals surface area contributed by atoms with Crippen molar-refractivity contribution in [2.75, 3.05) is 11.9 Å². The van der Waals surface area contributed by atoms with E-state index in [-0.39, 0.29) is 12.6 Å². The highest BCUT2D eigenvalue weighted by Gasteiger charge is 2.11. The number of rotatable bonds is 5. The van der Waals surface area contributed by atoms with Crippen molar-refractivity contribution in [3.05, 3.63) is 5.01 Å². The van der Waals surface area contributed by atoms with E-state index >= 15 is 0 Å². The van der Waals surface area contributed by atoms with Gasteiger partial charge in [-0.2, -0.15) is 0 Å². The SMILES string of the molecule is Cc1nnc(NC(CO)CC(C)C)s1. The Hall–Kier alpha value is -0.680. The fraction of sp³-hybridized carbons (Fsp3) is 0.778. The molecule has 1 aromatic rings. The molecule has 0 aliphatic heterocycles. The van der Waals surface area contributed by atoms with Gasteiger partial charge >= 0.3 is 0 Å². The molecule has 4 nitrogen and oxygen atoms in total. The minimum atomic E-state index is 0.0855. The second kappa shape index (κ2) is 5.26. The highest BCUT2D eigenvalue weighted by molar-refractivity contribution is 7.15. The van der Waals surface area contributed by atoms with Crippen LogP contribution in [0.2, 0.25) is 0 Å². The summed E-state index contributed by atoms with van der Waals surface area (Å²) in [6, 6.07) is 0.0855. The normalized spacial score (nSPS) is 13.2. The Morgan fingerprint density at radius 3 is 2.57 bits per heavy atom. The van der Waals surface area contributed by atoms with Crippen molar-refractivity contribution in [1.29, 1.82) is 0 Å². The van der Waals surface area contributed by atoms with Crippen molar-refractivity contribution >= 4 is 16.5 Å². The van der Waals surface area contributed by atoms with Crippen LogP contribution in [0, 0.1) is 12.8 Å². The number of hydrogen-bond acceptors (Lipinski definition) is 5. The van der Waals surface area contributed by atoms with Gasteiger partial charge in [-0.1, -0.05) is 25.2 Å². The minimum absolute atomic E-state index is 0.0855. The maximum absolute atomic E-state index is 9.14. The van der Waals surface area contributed by atoms with Crippen LogP contribution < -0.4 is 5.32 Å². The average molecular weight is 215 g/mol. The van der Waals surface area contributed by atoms with Gasteiger partial charge in [0.2, 0.25) is 5.13 Å². The molecule has 0 aliphatic rings. The van der Waals surface area contributed by atoms with Crippen LogP contribution in [0.3, 0.4) is 0 Å². The highest BCUT2D eigenvalue weighted by atomic mass is 32.1. The first-order valence-electron chi connectivity index (χ1n) is 4.79. The van der Waals surface area contributed by atoms with E-state index in [9.17, 15) is 0 Å². The van der Waals surface area contributed by atoms with Crippen molar-refractivity contribution < 1.29 is 5.11 Å². The maximum Gasteiger partial charge on any atom is 0.205 e. The quantitative estimate of drug-likeness (QED) is 0.784. The summed E-state index contributed by atoms with van der Waals surface area (Å²) in [7, 11) is 0. The van der Waals surface area contributed by atoms with Crippen LogP contribution in [-0.2, 0) is 0 Å². The van der Waals surface area contributed by atoms with Crippen molar-refractivity contribution in [2.45, 2.75) is 33.2 Å². The fourth-order valence-electron chi connectivity index (χ4n) is 1.28. The number of nitrogens with zero attached hydrogens (tertiary/aromatic N) is 2. The molecule has 0 saturated carbocycles. The molecule has 0 saturated heterocycles. The van der Waals surface area contributed by atoms with E-state index in [1.165, 1.54) is 11.3 Å². The summed E-state index contributed by atoms with van der Waals surface area (Å²) in [5.74, 6) is 0.564. The van der Waals surface area contributed by atoms with Gasteiger partial charge in [-0.05, 0) is 19.3 Å². The summed E-state index contributed by atoms with van der Waals surface area (Å²) < 4.78 is 0. The molecule has 14 heavy (non-hydrogen) atoms. The van der Waals surface area contributed by atoms with Crippen LogP contribution in [0.4, 0.5) is 5.13 Å². The van der Waals surface area contributed by atoms with Crippen molar-refractivity contribution in [3.63, 3.8) is 0 Å². The van der Waals surface area contributed by atoms with E-state index < -0.39 is 0 Å². The molecular weight excluding hydrogens is 198 g/mol. The van der Waals surface area contributed by atoms with Gasteiger partial charge in [0.15, 0.2) is 0 Å². The molecule has 1 atom stereocenters. The molecule has 1 rings (SSSR count). The number of aliphatic hydroxyl groups is 1. The Kier molecular flexibility index (Phi) is 4.28. The molecule has 0 radical (unpaired) electrons. The number of aryl methyl sites for hydroxylation is 1. The number of hydrogen-bond donors (Lipinski definition) is 2. The molecule has 0 spiro atoms. The number of anilines is 1. The molecule has 1 aromatic heterocycles. The molecule has 80 valence electrons. The lowest BCUT2D eigenvalue weighted by Gasteiger charge is -2.16. The largest absolute Gasteiger partial charge is 0.394 e. The third-order valence-electron chi connectivity index (χ3n) is 1.83. The highest BCUT2D eigenvalue weighted by Crippen LogP contribution is 2.16.